The summed E-state index contributed by atoms with van der Waals surface area (Å²) in [5.41, 5.74) is 2.35. The second-order valence-corrected chi connectivity index (χ2v) is 6.02. The number of rotatable bonds is 7. The first-order valence-corrected chi connectivity index (χ1v) is 7.68. The first-order chi connectivity index (χ1) is 10.1. The van der Waals surface area contributed by atoms with Gasteiger partial charge >= 0.3 is 0 Å². The van der Waals surface area contributed by atoms with Gasteiger partial charge in [-0.25, -0.2) is 0 Å². The lowest BCUT2D eigenvalue weighted by Gasteiger charge is -2.10. The van der Waals surface area contributed by atoms with Crippen molar-refractivity contribution in [1.82, 2.24) is 5.32 Å². The van der Waals surface area contributed by atoms with Crippen LogP contribution in [0.5, 0.6) is 5.75 Å². The van der Waals surface area contributed by atoms with Crippen molar-refractivity contribution in [3.05, 3.63) is 64.7 Å². The Kier molecular flexibility index (Phi) is 6.09. The highest BCUT2D eigenvalue weighted by Crippen LogP contribution is 2.16. The highest BCUT2D eigenvalue weighted by molar-refractivity contribution is 6.30. The second-order valence-electron chi connectivity index (χ2n) is 5.59. The molecule has 0 atom stereocenters. The van der Waals surface area contributed by atoms with Crippen LogP contribution in [0.25, 0.3) is 0 Å². The van der Waals surface area contributed by atoms with Crippen molar-refractivity contribution in [2.45, 2.75) is 27.0 Å². The number of nitrogens with one attached hydrogen (secondary N) is 1. The average Bonchev–Trinajstić information content (AvgIpc) is 2.47. The van der Waals surface area contributed by atoms with E-state index in [1.54, 1.807) is 0 Å². The van der Waals surface area contributed by atoms with E-state index in [-0.39, 0.29) is 0 Å². The van der Waals surface area contributed by atoms with Gasteiger partial charge in [-0.2, -0.15) is 0 Å². The normalized spacial score (nSPS) is 10.9. The summed E-state index contributed by atoms with van der Waals surface area (Å²) in [5, 5.41) is 4.19. The zero-order chi connectivity index (χ0) is 15.1. The zero-order valence-electron chi connectivity index (χ0n) is 12.6. The molecule has 0 radical (unpaired) electrons. The third-order valence-corrected chi connectivity index (χ3v) is 3.35. The van der Waals surface area contributed by atoms with Crippen molar-refractivity contribution in [2.75, 3.05) is 6.54 Å². The molecule has 0 aromatic heterocycles. The van der Waals surface area contributed by atoms with Crippen molar-refractivity contribution in [3.8, 4) is 5.75 Å². The van der Waals surface area contributed by atoms with E-state index >= 15 is 0 Å². The van der Waals surface area contributed by atoms with Crippen LogP contribution < -0.4 is 10.1 Å². The van der Waals surface area contributed by atoms with E-state index in [4.69, 9.17) is 16.3 Å². The second kappa shape index (κ2) is 8.06. The van der Waals surface area contributed by atoms with Crippen LogP contribution in [0.1, 0.15) is 25.0 Å². The molecule has 112 valence electrons. The van der Waals surface area contributed by atoms with Crippen LogP contribution in [0.2, 0.25) is 5.02 Å². The van der Waals surface area contributed by atoms with E-state index in [0.29, 0.717) is 12.5 Å². The zero-order valence-corrected chi connectivity index (χ0v) is 13.4. The molecule has 2 nitrogen and oxygen atoms in total. The summed E-state index contributed by atoms with van der Waals surface area (Å²) in [6.45, 7) is 6.86. The number of hydrogen-bond donors (Lipinski definition) is 1. The number of ether oxygens (including phenoxy) is 1. The van der Waals surface area contributed by atoms with Gasteiger partial charge in [0.1, 0.15) is 12.4 Å². The molecular formula is C18H22ClNO. The lowest BCUT2D eigenvalue weighted by Crippen LogP contribution is -2.18. The highest BCUT2D eigenvalue weighted by atomic mass is 35.5. The third-order valence-electron chi connectivity index (χ3n) is 3.10. The van der Waals surface area contributed by atoms with Gasteiger partial charge in [0.25, 0.3) is 0 Å². The fourth-order valence-corrected chi connectivity index (χ4v) is 2.12. The molecule has 0 saturated heterocycles. The van der Waals surface area contributed by atoms with Crippen LogP contribution >= 0.6 is 11.6 Å². The summed E-state index contributed by atoms with van der Waals surface area (Å²) in [6, 6.07) is 15.9. The van der Waals surface area contributed by atoms with Gasteiger partial charge in [-0.15, -0.1) is 0 Å². The van der Waals surface area contributed by atoms with Crippen LogP contribution in [0.15, 0.2) is 48.5 Å². The molecule has 1 N–H and O–H groups in total. The van der Waals surface area contributed by atoms with Crippen LogP contribution in [0, 0.1) is 5.92 Å². The Morgan fingerprint density at radius 1 is 1.05 bits per heavy atom. The predicted octanol–water partition coefficient (Wildman–Crippen LogP) is 4.66. The fourth-order valence-electron chi connectivity index (χ4n) is 2.00. The first kappa shape index (κ1) is 15.9. The van der Waals surface area contributed by atoms with Gasteiger partial charge < -0.3 is 10.1 Å². The minimum atomic E-state index is 0.556. The molecule has 3 heteroatoms. The Bertz CT molecular complexity index is 551. The van der Waals surface area contributed by atoms with E-state index in [9.17, 15) is 0 Å². The lowest BCUT2D eigenvalue weighted by molar-refractivity contribution is 0.306. The van der Waals surface area contributed by atoms with E-state index in [0.717, 1.165) is 29.4 Å². The maximum Gasteiger partial charge on any atom is 0.120 e. The summed E-state index contributed by atoms with van der Waals surface area (Å²) < 4.78 is 5.83. The molecule has 0 spiro atoms. The smallest absolute Gasteiger partial charge is 0.120 e. The maximum atomic E-state index is 5.87. The molecule has 21 heavy (non-hydrogen) atoms. The largest absolute Gasteiger partial charge is 0.489 e. The fraction of sp³-hybridized carbons (Fsp3) is 0.333. The first-order valence-electron chi connectivity index (χ1n) is 7.30. The summed E-state index contributed by atoms with van der Waals surface area (Å²) in [5.74, 6) is 1.56. The van der Waals surface area contributed by atoms with E-state index in [2.05, 4.69) is 31.3 Å². The standard InChI is InChI=1S/C18H22ClNO/c1-14(2)11-20-12-16-4-3-5-18(10-16)21-13-15-6-8-17(19)9-7-15/h3-10,14,20H,11-13H2,1-2H3. The van der Waals surface area contributed by atoms with Crippen molar-refractivity contribution in [2.24, 2.45) is 5.92 Å². The molecule has 0 aliphatic heterocycles. The summed E-state index contributed by atoms with van der Waals surface area (Å²) in [6.07, 6.45) is 0. The average molecular weight is 304 g/mol. The monoisotopic (exact) mass is 303 g/mol. The van der Waals surface area contributed by atoms with E-state index in [1.807, 2.05) is 36.4 Å². The molecule has 0 fully saturated rings. The van der Waals surface area contributed by atoms with Gasteiger partial charge in [-0.1, -0.05) is 49.7 Å². The Hall–Kier alpha value is -1.51. The molecule has 2 rings (SSSR count). The molecule has 2 aromatic carbocycles. The summed E-state index contributed by atoms with van der Waals surface area (Å²) in [4.78, 5) is 0. The molecule has 0 unspecified atom stereocenters. The van der Waals surface area contributed by atoms with Crippen molar-refractivity contribution < 1.29 is 4.74 Å². The van der Waals surface area contributed by atoms with Gasteiger partial charge in [0.2, 0.25) is 0 Å². The van der Waals surface area contributed by atoms with Crippen LogP contribution in [-0.2, 0) is 13.2 Å². The van der Waals surface area contributed by atoms with Crippen molar-refractivity contribution in [3.63, 3.8) is 0 Å². The van der Waals surface area contributed by atoms with Crippen LogP contribution in [-0.4, -0.2) is 6.54 Å². The molecule has 0 aliphatic carbocycles. The predicted molar refractivity (Wildman–Crippen MR) is 88.8 cm³/mol. The number of hydrogen-bond acceptors (Lipinski definition) is 2. The Labute approximate surface area is 132 Å². The minimum Gasteiger partial charge on any atom is -0.489 e. The molecule has 0 aliphatic rings. The Morgan fingerprint density at radius 2 is 1.81 bits per heavy atom. The third kappa shape index (κ3) is 5.78. The van der Waals surface area contributed by atoms with Gasteiger partial charge in [0.15, 0.2) is 0 Å². The Morgan fingerprint density at radius 3 is 2.52 bits per heavy atom. The molecule has 2 aromatic rings. The van der Waals surface area contributed by atoms with Crippen LogP contribution in [0.4, 0.5) is 0 Å². The van der Waals surface area contributed by atoms with Gasteiger partial charge in [-0.05, 0) is 47.9 Å². The summed E-state index contributed by atoms with van der Waals surface area (Å²) in [7, 11) is 0. The topological polar surface area (TPSA) is 21.3 Å². The quantitative estimate of drug-likeness (QED) is 0.803. The molecule has 0 bridgehead atoms. The maximum absolute atomic E-state index is 5.87. The minimum absolute atomic E-state index is 0.556. The highest BCUT2D eigenvalue weighted by Gasteiger charge is 2.00. The molecule has 0 amide bonds. The van der Waals surface area contributed by atoms with E-state index < -0.39 is 0 Å². The number of benzene rings is 2. The SMILES string of the molecule is CC(C)CNCc1cccc(OCc2ccc(Cl)cc2)c1. The van der Waals surface area contributed by atoms with Crippen molar-refractivity contribution >= 4 is 11.6 Å². The molecular weight excluding hydrogens is 282 g/mol. The number of halogens is 1. The molecule has 0 heterocycles. The Balaban J connectivity index is 1.87. The summed E-state index contributed by atoms with van der Waals surface area (Å²) >= 11 is 5.87. The lowest BCUT2D eigenvalue weighted by atomic mass is 10.2. The van der Waals surface area contributed by atoms with Crippen molar-refractivity contribution in [1.29, 1.82) is 0 Å². The van der Waals surface area contributed by atoms with Crippen LogP contribution in [0.3, 0.4) is 0 Å². The van der Waals surface area contributed by atoms with E-state index in [1.165, 1.54) is 5.56 Å². The molecule has 0 saturated carbocycles. The van der Waals surface area contributed by atoms with Gasteiger partial charge in [0.05, 0.1) is 0 Å². The van der Waals surface area contributed by atoms with Gasteiger partial charge in [-0.3, -0.25) is 0 Å². The van der Waals surface area contributed by atoms with Gasteiger partial charge in [0, 0.05) is 11.6 Å².